The molecule has 0 bridgehead atoms. The number of aryl methyl sites for hydroxylation is 1. The van der Waals surface area contributed by atoms with Crippen molar-refractivity contribution in [3.8, 4) is 0 Å². The van der Waals surface area contributed by atoms with Gasteiger partial charge in [0.25, 0.3) is 0 Å². The molecule has 4 nitrogen and oxygen atoms in total. The number of fused-ring (bicyclic) bond motifs is 1. The lowest BCUT2D eigenvalue weighted by Gasteiger charge is -1.97. The molecular formula is C15H14N2O2. The van der Waals surface area contributed by atoms with E-state index in [1.165, 1.54) is 0 Å². The van der Waals surface area contributed by atoms with Gasteiger partial charge in [-0.3, -0.25) is 0 Å². The predicted molar refractivity (Wildman–Crippen MR) is 74.8 cm³/mol. The van der Waals surface area contributed by atoms with E-state index in [2.05, 4.69) is 39.8 Å². The lowest BCUT2D eigenvalue weighted by Crippen LogP contribution is -2.01. The number of benzene rings is 1. The zero-order valence-electron chi connectivity index (χ0n) is 10.9. The van der Waals surface area contributed by atoms with Gasteiger partial charge in [-0.2, -0.15) is 0 Å². The molecule has 1 aliphatic rings. The summed E-state index contributed by atoms with van der Waals surface area (Å²) in [4.78, 5) is 16.3. The highest BCUT2D eigenvalue weighted by Gasteiger charge is 2.22. The van der Waals surface area contributed by atoms with E-state index in [1.807, 2.05) is 18.2 Å². The molecule has 96 valence electrons. The van der Waals surface area contributed by atoms with Crippen molar-refractivity contribution in [3.63, 3.8) is 0 Å². The SMILES string of the molecule is CCn1cc(C=C2C(=O)ON=C2C)c2ccccc21. The van der Waals surface area contributed by atoms with E-state index < -0.39 is 0 Å². The Morgan fingerprint density at radius 2 is 2.16 bits per heavy atom. The molecule has 0 atom stereocenters. The van der Waals surface area contributed by atoms with Gasteiger partial charge in [-0.15, -0.1) is 0 Å². The molecule has 1 aromatic carbocycles. The Morgan fingerprint density at radius 1 is 1.37 bits per heavy atom. The van der Waals surface area contributed by atoms with Crippen molar-refractivity contribution >= 4 is 28.7 Å². The molecule has 0 saturated heterocycles. The number of aromatic nitrogens is 1. The zero-order chi connectivity index (χ0) is 13.4. The van der Waals surface area contributed by atoms with Crippen molar-refractivity contribution in [2.45, 2.75) is 20.4 Å². The number of para-hydroxylation sites is 1. The number of carbonyl (C=O) groups is 1. The second kappa shape index (κ2) is 4.39. The molecule has 0 unspecified atom stereocenters. The average Bonchev–Trinajstić information content (AvgIpc) is 2.94. The molecule has 2 heterocycles. The van der Waals surface area contributed by atoms with Crippen LogP contribution in [0, 0.1) is 0 Å². The molecular weight excluding hydrogens is 240 g/mol. The summed E-state index contributed by atoms with van der Waals surface area (Å²) in [7, 11) is 0. The molecule has 0 fully saturated rings. The summed E-state index contributed by atoms with van der Waals surface area (Å²) in [5, 5.41) is 4.82. The molecule has 0 amide bonds. The van der Waals surface area contributed by atoms with E-state index in [9.17, 15) is 4.79 Å². The molecule has 0 saturated carbocycles. The number of hydrogen-bond acceptors (Lipinski definition) is 3. The van der Waals surface area contributed by atoms with Crippen LogP contribution in [0.25, 0.3) is 17.0 Å². The van der Waals surface area contributed by atoms with E-state index in [0.29, 0.717) is 11.3 Å². The third-order valence-electron chi connectivity index (χ3n) is 3.34. The van der Waals surface area contributed by atoms with Crippen molar-refractivity contribution in [3.05, 3.63) is 41.6 Å². The molecule has 19 heavy (non-hydrogen) atoms. The Kier molecular flexibility index (Phi) is 2.71. The lowest BCUT2D eigenvalue weighted by atomic mass is 10.1. The lowest BCUT2D eigenvalue weighted by molar-refractivity contribution is -0.136. The standard InChI is InChI=1S/C15H14N2O2/c1-3-17-9-11(12-6-4-5-7-14(12)17)8-13-10(2)16-19-15(13)18/h4-9H,3H2,1-2H3. The molecule has 0 N–H and O–H groups in total. The van der Waals surface area contributed by atoms with Gasteiger partial charge in [-0.25, -0.2) is 4.79 Å². The molecule has 3 rings (SSSR count). The van der Waals surface area contributed by atoms with Crippen LogP contribution in [0.15, 0.2) is 41.2 Å². The molecule has 0 radical (unpaired) electrons. The predicted octanol–water partition coefficient (Wildman–Crippen LogP) is 2.98. The van der Waals surface area contributed by atoms with Crippen LogP contribution in [0.4, 0.5) is 0 Å². The Labute approximate surface area is 111 Å². The molecule has 0 spiro atoms. The van der Waals surface area contributed by atoms with Crippen molar-refractivity contribution in [2.24, 2.45) is 5.16 Å². The third-order valence-corrected chi connectivity index (χ3v) is 3.34. The summed E-state index contributed by atoms with van der Waals surface area (Å²) in [5.41, 5.74) is 3.33. The van der Waals surface area contributed by atoms with Crippen LogP contribution in [0.2, 0.25) is 0 Å². The van der Waals surface area contributed by atoms with Gasteiger partial charge in [0.05, 0.1) is 11.3 Å². The smallest absolute Gasteiger partial charge is 0.347 e. The minimum atomic E-state index is -0.383. The highest BCUT2D eigenvalue weighted by Crippen LogP contribution is 2.25. The fraction of sp³-hybridized carbons (Fsp3) is 0.200. The van der Waals surface area contributed by atoms with E-state index in [-0.39, 0.29) is 5.97 Å². The largest absolute Gasteiger partial charge is 0.367 e. The van der Waals surface area contributed by atoms with Crippen molar-refractivity contribution < 1.29 is 9.63 Å². The maximum atomic E-state index is 11.6. The van der Waals surface area contributed by atoms with Crippen LogP contribution < -0.4 is 0 Å². The third kappa shape index (κ3) is 1.85. The highest BCUT2D eigenvalue weighted by molar-refractivity contribution is 6.24. The quantitative estimate of drug-likeness (QED) is 0.611. The van der Waals surface area contributed by atoms with E-state index >= 15 is 0 Å². The van der Waals surface area contributed by atoms with Gasteiger partial charge < -0.3 is 9.40 Å². The van der Waals surface area contributed by atoms with E-state index in [0.717, 1.165) is 23.0 Å². The normalized spacial score (nSPS) is 17.1. The number of hydrogen-bond donors (Lipinski definition) is 0. The van der Waals surface area contributed by atoms with Crippen LogP contribution in [0.3, 0.4) is 0 Å². The number of oxime groups is 1. The molecule has 1 aromatic heterocycles. The van der Waals surface area contributed by atoms with Crippen LogP contribution in [-0.4, -0.2) is 16.2 Å². The molecule has 0 aliphatic carbocycles. The topological polar surface area (TPSA) is 43.6 Å². The van der Waals surface area contributed by atoms with Crippen LogP contribution in [0.1, 0.15) is 19.4 Å². The van der Waals surface area contributed by atoms with Gasteiger partial charge in [0, 0.05) is 29.2 Å². The maximum Gasteiger partial charge on any atom is 0.367 e. The highest BCUT2D eigenvalue weighted by atomic mass is 16.7. The van der Waals surface area contributed by atoms with E-state index in [1.54, 1.807) is 6.92 Å². The van der Waals surface area contributed by atoms with Gasteiger partial charge in [0.15, 0.2) is 0 Å². The minimum Gasteiger partial charge on any atom is -0.347 e. The second-order valence-electron chi connectivity index (χ2n) is 4.50. The van der Waals surface area contributed by atoms with Gasteiger partial charge in [-0.05, 0) is 26.0 Å². The van der Waals surface area contributed by atoms with Crippen LogP contribution >= 0.6 is 0 Å². The Morgan fingerprint density at radius 3 is 2.84 bits per heavy atom. The number of rotatable bonds is 2. The fourth-order valence-electron chi connectivity index (χ4n) is 2.33. The van der Waals surface area contributed by atoms with Crippen molar-refractivity contribution in [1.29, 1.82) is 0 Å². The maximum absolute atomic E-state index is 11.6. The average molecular weight is 254 g/mol. The molecule has 4 heteroatoms. The van der Waals surface area contributed by atoms with E-state index in [4.69, 9.17) is 0 Å². The Balaban J connectivity index is 2.19. The van der Waals surface area contributed by atoms with Crippen molar-refractivity contribution in [2.75, 3.05) is 0 Å². The summed E-state index contributed by atoms with van der Waals surface area (Å²) in [6.07, 6.45) is 3.90. The van der Waals surface area contributed by atoms with Gasteiger partial charge in [-0.1, -0.05) is 23.4 Å². The first-order valence-electron chi connectivity index (χ1n) is 6.26. The number of carbonyl (C=O) groups excluding carboxylic acids is 1. The number of nitrogens with zero attached hydrogens (tertiary/aromatic N) is 2. The molecule has 2 aromatic rings. The summed E-state index contributed by atoms with van der Waals surface area (Å²) in [5.74, 6) is -0.383. The minimum absolute atomic E-state index is 0.383. The zero-order valence-corrected chi connectivity index (χ0v) is 10.9. The van der Waals surface area contributed by atoms with Gasteiger partial charge >= 0.3 is 5.97 Å². The Bertz CT molecular complexity index is 723. The first-order valence-corrected chi connectivity index (χ1v) is 6.26. The fourth-order valence-corrected chi connectivity index (χ4v) is 2.33. The van der Waals surface area contributed by atoms with Crippen molar-refractivity contribution in [1.82, 2.24) is 4.57 Å². The van der Waals surface area contributed by atoms with Gasteiger partial charge in [0.1, 0.15) is 0 Å². The monoisotopic (exact) mass is 254 g/mol. The van der Waals surface area contributed by atoms with Crippen LogP contribution in [-0.2, 0) is 16.2 Å². The molecule has 1 aliphatic heterocycles. The summed E-state index contributed by atoms with van der Waals surface area (Å²) < 4.78 is 2.16. The second-order valence-corrected chi connectivity index (χ2v) is 4.50. The van der Waals surface area contributed by atoms with Crippen LogP contribution in [0.5, 0.6) is 0 Å². The first kappa shape index (κ1) is 11.7. The summed E-state index contributed by atoms with van der Waals surface area (Å²) >= 11 is 0. The summed E-state index contributed by atoms with van der Waals surface area (Å²) in [6, 6.07) is 8.15. The van der Waals surface area contributed by atoms with Gasteiger partial charge in [0.2, 0.25) is 0 Å². The Hall–Kier alpha value is -2.36. The first-order chi connectivity index (χ1) is 9.20. The summed E-state index contributed by atoms with van der Waals surface area (Å²) in [6.45, 7) is 4.76.